The van der Waals surface area contributed by atoms with E-state index in [1.54, 1.807) is 12.2 Å². The summed E-state index contributed by atoms with van der Waals surface area (Å²) in [5.41, 5.74) is -0.340. The maximum Gasteiger partial charge on any atom is 0.307 e. The molecule has 0 spiro atoms. The summed E-state index contributed by atoms with van der Waals surface area (Å²) in [6.07, 6.45) is 13.3. The first kappa shape index (κ1) is 41.7. The maximum absolute atomic E-state index is 12.4. The van der Waals surface area contributed by atoms with E-state index in [0.717, 1.165) is 77.4 Å². The SMILES string of the molecule is C=CCOC(CCC)COCC(CC)(COCCOC(=O)CCN(CCCC)CCCC)COCC(CCC)OCC=C. The summed E-state index contributed by atoms with van der Waals surface area (Å²) < 4.78 is 35.8. The topological polar surface area (TPSA) is 75.7 Å². The van der Waals surface area contributed by atoms with Crippen LogP contribution in [0.1, 0.15) is 98.8 Å². The summed E-state index contributed by atoms with van der Waals surface area (Å²) in [6.45, 7) is 25.2. The van der Waals surface area contributed by atoms with Crippen molar-refractivity contribution in [3.8, 4) is 0 Å². The van der Waals surface area contributed by atoms with E-state index in [2.05, 4.69) is 52.7 Å². The van der Waals surface area contributed by atoms with Gasteiger partial charge in [-0.05, 0) is 45.2 Å². The molecule has 0 fully saturated rings. The Labute approximate surface area is 264 Å². The molecule has 0 aromatic carbocycles. The van der Waals surface area contributed by atoms with Crippen molar-refractivity contribution in [3.05, 3.63) is 25.3 Å². The Kier molecular flexibility index (Phi) is 28.5. The number of rotatable bonds is 33. The van der Waals surface area contributed by atoms with Crippen molar-refractivity contribution < 1.29 is 33.2 Å². The Hall–Kier alpha value is -1.29. The molecule has 254 valence electrons. The molecule has 0 aromatic rings. The van der Waals surface area contributed by atoms with Crippen LogP contribution in [0.5, 0.6) is 0 Å². The molecular weight excluding hydrogens is 546 g/mol. The molecule has 0 bridgehead atoms. The molecule has 43 heavy (non-hydrogen) atoms. The molecule has 0 aliphatic carbocycles. The number of carbonyl (C=O) groups excluding carboxylic acids is 1. The van der Waals surface area contributed by atoms with Crippen molar-refractivity contribution in [3.63, 3.8) is 0 Å². The number of hydrogen-bond acceptors (Lipinski definition) is 8. The van der Waals surface area contributed by atoms with Crippen LogP contribution in [0.4, 0.5) is 0 Å². The standard InChI is InChI=1S/C35H67NO7/c1-8-15-20-36(21-16-9-2)22-19-34(37)43-26-25-38-29-35(14-7,30-39-27-32(17-10-3)41-23-12-5)31-40-28-33(18-11-4)42-24-13-6/h12-13,32-33H,5-6,8-11,14-31H2,1-4,7H3. The third-order valence-corrected chi connectivity index (χ3v) is 7.48. The van der Waals surface area contributed by atoms with Crippen LogP contribution in [-0.4, -0.2) is 102 Å². The first-order valence-electron chi connectivity index (χ1n) is 17.0. The summed E-state index contributed by atoms with van der Waals surface area (Å²) >= 11 is 0. The quantitative estimate of drug-likeness (QED) is 0.0445. The lowest BCUT2D eigenvalue weighted by atomic mass is 9.88. The molecule has 0 saturated heterocycles. The van der Waals surface area contributed by atoms with Gasteiger partial charge in [0.2, 0.25) is 0 Å². The van der Waals surface area contributed by atoms with Crippen LogP contribution < -0.4 is 0 Å². The molecule has 8 heteroatoms. The number of hydrogen-bond donors (Lipinski definition) is 0. The third-order valence-electron chi connectivity index (χ3n) is 7.48. The lowest BCUT2D eigenvalue weighted by molar-refractivity contribution is -0.147. The number of nitrogens with zero attached hydrogens (tertiary/aromatic N) is 1. The molecule has 2 unspecified atom stereocenters. The van der Waals surface area contributed by atoms with E-state index in [1.165, 1.54) is 0 Å². The predicted molar refractivity (Wildman–Crippen MR) is 177 cm³/mol. The van der Waals surface area contributed by atoms with E-state index in [4.69, 9.17) is 28.4 Å². The van der Waals surface area contributed by atoms with Gasteiger partial charge in [-0.25, -0.2) is 0 Å². The molecule has 0 saturated carbocycles. The van der Waals surface area contributed by atoms with E-state index < -0.39 is 0 Å². The van der Waals surface area contributed by atoms with Gasteiger partial charge in [-0.15, -0.1) is 13.2 Å². The highest BCUT2D eigenvalue weighted by molar-refractivity contribution is 5.69. The Morgan fingerprint density at radius 2 is 1.23 bits per heavy atom. The van der Waals surface area contributed by atoms with Crippen molar-refractivity contribution in [1.29, 1.82) is 0 Å². The van der Waals surface area contributed by atoms with Crippen LogP contribution in [-0.2, 0) is 33.2 Å². The monoisotopic (exact) mass is 613 g/mol. The Morgan fingerprint density at radius 1 is 0.721 bits per heavy atom. The van der Waals surface area contributed by atoms with E-state index in [0.29, 0.717) is 59.3 Å². The summed E-state index contributed by atoms with van der Waals surface area (Å²) in [5.74, 6) is -0.169. The van der Waals surface area contributed by atoms with E-state index >= 15 is 0 Å². The lowest BCUT2D eigenvalue weighted by Gasteiger charge is -2.33. The van der Waals surface area contributed by atoms with E-state index in [-0.39, 0.29) is 30.2 Å². The normalized spacial score (nSPS) is 14.4. The molecule has 0 aliphatic rings. The van der Waals surface area contributed by atoms with Gasteiger partial charge in [-0.1, -0.05) is 72.5 Å². The highest BCUT2D eigenvalue weighted by Gasteiger charge is 2.31. The number of ether oxygens (including phenoxy) is 6. The maximum atomic E-state index is 12.4. The van der Waals surface area contributed by atoms with Gasteiger partial charge in [0.05, 0.1) is 71.5 Å². The van der Waals surface area contributed by atoms with Crippen LogP contribution >= 0.6 is 0 Å². The van der Waals surface area contributed by atoms with Gasteiger partial charge in [-0.3, -0.25) is 4.79 Å². The molecular formula is C35H67NO7. The first-order chi connectivity index (χ1) is 20.9. The fourth-order valence-corrected chi connectivity index (χ4v) is 4.65. The van der Waals surface area contributed by atoms with Crippen LogP contribution in [0, 0.1) is 5.41 Å². The zero-order chi connectivity index (χ0) is 32.0. The molecule has 0 heterocycles. The van der Waals surface area contributed by atoms with Gasteiger partial charge < -0.3 is 33.3 Å². The minimum atomic E-state index is -0.340. The van der Waals surface area contributed by atoms with Crippen molar-refractivity contribution in [2.75, 3.05) is 79.1 Å². The third kappa shape index (κ3) is 22.8. The summed E-state index contributed by atoms with van der Waals surface area (Å²) in [4.78, 5) is 14.8. The molecule has 0 radical (unpaired) electrons. The van der Waals surface area contributed by atoms with Gasteiger partial charge >= 0.3 is 5.97 Å². The molecule has 0 aliphatic heterocycles. The van der Waals surface area contributed by atoms with Crippen LogP contribution in [0.2, 0.25) is 0 Å². The van der Waals surface area contributed by atoms with Crippen molar-refractivity contribution in [1.82, 2.24) is 4.90 Å². The molecule has 8 nitrogen and oxygen atoms in total. The fraction of sp³-hybridized carbons (Fsp3) is 0.857. The Balaban J connectivity index is 4.95. The van der Waals surface area contributed by atoms with E-state index in [9.17, 15) is 4.79 Å². The second kappa shape index (κ2) is 29.4. The average molecular weight is 614 g/mol. The number of unbranched alkanes of at least 4 members (excludes halogenated alkanes) is 2. The van der Waals surface area contributed by atoms with Crippen LogP contribution in [0.25, 0.3) is 0 Å². The minimum Gasteiger partial charge on any atom is -0.463 e. The van der Waals surface area contributed by atoms with E-state index in [1.807, 2.05) is 0 Å². The lowest BCUT2D eigenvalue weighted by Crippen LogP contribution is -2.39. The Morgan fingerprint density at radius 3 is 1.67 bits per heavy atom. The van der Waals surface area contributed by atoms with Crippen LogP contribution in [0.15, 0.2) is 25.3 Å². The minimum absolute atomic E-state index is 0.0277. The van der Waals surface area contributed by atoms with Gasteiger partial charge in [0, 0.05) is 12.0 Å². The highest BCUT2D eigenvalue weighted by atomic mass is 16.6. The second-order valence-electron chi connectivity index (χ2n) is 11.5. The molecule has 0 N–H and O–H groups in total. The summed E-state index contributed by atoms with van der Waals surface area (Å²) in [5, 5.41) is 0. The van der Waals surface area contributed by atoms with Gasteiger partial charge in [0.25, 0.3) is 0 Å². The zero-order valence-corrected chi connectivity index (χ0v) is 28.6. The van der Waals surface area contributed by atoms with Gasteiger partial charge in [0.1, 0.15) is 6.61 Å². The smallest absolute Gasteiger partial charge is 0.307 e. The Bertz CT molecular complexity index is 624. The fourth-order valence-electron chi connectivity index (χ4n) is 4.65. The number of esters is 1. The largest absolute Gasteiger partial charge is 0.463 e. The highest BCUT2D eigenvalue weighted by Crippen LogP contribution is 2.25. The molecule has 0 amide bonds. The van der Waals surface area contributed by atoms with Gasteiger partial charge in [0.15, 0.2) is 0 Å². The van der Waals surface area contributed by atoms with Gasteiger partial charge in [-0.2, -0.15) is 0 Å². The second-order valence-corrected chi connectivity index (χ2v) is 11.5. The first-order valence-corrected chi connectivity index (χ1v) is 17.0. The predicted octanol–water partition coefficient (Wildman–Crippen LogP) is 7.01. The van der Waals surface area contributed by atoms with Crippen molar-refractivity contribution in [2.24, 2.45) is 5.41 Å². The zero-order valence-electron chi connectivity index (χ0n) is 28.6. The summed E-state index contributed by atoms with van der Waals surface area (Å²) in [7, 11) is 0. The molecule has 2 atom stereocenters. The molecule has 0 rings (SSSR count). The summed E-state index contributed by atoms with van der Waals surface area (Å²) in [6, 6.07) is 0. The van der Waals surface area contributed by atoms with Crippen molar-refractivity contribution >= 4 is 5.97 Å². The number of carbonyl (C=O) groups is 1. The van der Waals surface area contributed by atoms with Crippen molar-refractivity contribution in [2.45, 2.75) is 111 Å². The van der Waals surface area contributed by atoms with Crippen LogP contribution in [0.3, 0.4) is 0 Å². The average Bonchev–Trinajstić information content (AvgIpc) is 3.01. The molecule has 0 aromatic heterocycles.